The Labute approximate surface area is 108 Å². The van der Waals surface area contributed by atoms with E-state index in [0.717, 1.165) is 6.42 Å². The lowest BCUT2D eigenvalue weighted by Crippen LogP contribution is -2.44. The lowest BCUT2D eigenvalue weighted by atomic mass is 9.94. The van der Waals surface area contributed by atoms with Crippen molar-refractivity contribution in [2.24, 2.45) is 17.6 Å². The van der Waals surface area contributed by atoms with Gasteiger partial charge in [-0.1, -0.05) is 13.8 Å². The highest BCUT2D eigenvalue weighted by molar-refractivity contribution is 5.83. The molecule has 2 atom stereocenters. The number of ether oxygens (including phenoxy) is 1. The zero-order valence-electron chi connectivity index (χ0n) is 11.3. The minimum absolute atomic E-state index is 0.0431. The van der Waals surface area contributed by atoms with Crippen molar-refractivity contribution in [3.8, 4) is 0 Å². The molecule has 2 unspecified atom stereocenters. The molecule has 6 heteroatoms. The Morgan fingerprint density at radius 3 is 2.39 bits per heavy atom. The Bertz CT molecular complexity index is 269. The van der Waals surface area contributed by atoms with Gasteiger partial charge in [-0.2, -0.15) is 0 Å². The second-order valence-corrected chi connectivity index (χ2v) is 4.85. The van der Waals surface area contributed by atoms with Crippen LogP contribution in [0.25, 0.3) is 0 Å². The van der Waals surface area contributed by atoms with Crippen LogP contribution >= 0.6 is 0 Å². The molecule has 1 amide bonds. The Hall–Kier alpha value is -1.14. The number of carbonyl (C=O) groups excluding carboxylic acids is 1. The fraction of sp³-hybridized carbons (Fsp3) is 0.833. The molecule has 6 nitrogen and oxygen atoms in total. The molecule has 4 N–H and O–H groups in total. The summed E-state index contributed by atoms with van der Waals surface area (Å²) in [6.07, 6.45) is 1.11. The highest BCUT2D eigenvalue weighted by Crippen LogP contribution is 2.14. The zero-order chi connectivity index (χ0) is 14.1. The van der Waals surface area contributed by atoms with Gasteiger partial charge in [0.05, 0.1) is 6.61 Å². The normalized spacial score (nSPS) is 14.3. The number of carbonyl (C=O) groups is 2. The summed E-state index contributed by atoms with van der Waals surface area (Å²) in [5.41, 5.74) is 5.60. The standard InChI is InChI=1S/C12H24N2O4/c1-8(2)4-9(6-13)5-11(15)14-10(7-18-3)12(16)17/h8-10H,4-7,13H2,1-3H3,(H,14,15)(H,16,17). The van der Waals surface area contributed by atoms with Crippen LogP contribution in [0.5, 0.6) is 0 Å². The van der Waals surface area contributed by atoms with Crippen LogP contribution in [0.4, 0.5) is 0 Å². The number of carboxylic acid groups (broad SMARTS) is 1. The molecule has 0 aromatic heterocycles. The number of aliphatic carboxylic acids is 1. The van der Waals surface area contributed by atoms with Crippen molar-refractivity contribution in [2.75, 3.05) is 20.3 Å². The van der Waals surface area contributed by atoms with E-state index in [-0.39, 0.29) is 24.9 Å². The van der Waals surface area contributed by atoms with Crippen LogP contribution in [0.3, 0.4) is 0 Å². The Morgan fingerprint density at radius 1 is 1.39 bits per heavy atom. The molecule has 0 spiro atoms. The first-order valence-electron chi connectivity index (χ1n) is 6.11. The molecule has 0 rings (SSSR count). The maximum atomic E-state index is 11.7. The number of methoxy groups -OCH3 is 1. The second kappa shape index (κ2) is 8.88. The van der Waals surface area contributed by atoms with Crippen molar-refractivity contribution in [1.82, 2.24) is 5.32 Å². The van der Waals surface area contributed by atoms with E-state index in [9.17, 15) is 9.59 Å². The second-order valence-electron chi connectivity index (χ2n) is 4.85. The van der Waals surface area contributed by atoms with Crippen molar-refractivity contribution in [3.05, 3.63) is 0 Å². The Morgan fingerprint density at radius 2 is 2.00 bits per heavy atom. The van der Waals surface area contributed by atoms with E-state index in [1.807, 2.05) is 0 Å². The van der Waals surface area contributed by atoms with Crippen molar-refractivity contribution in [1.29, 1.82) is 0 Å². The summed E-state index contributed by atoms with van der Waals surface area (Å²) in [5, 5.41) is 11.3. The fourth-order valence-corrected chi connectivity index (χ4v) is 1.79. The molecule has 0 aromatic rings. The average molecular weight is 260 g/mol. The van der Waals surface area contributed by atoms with Gasteiger partial charge in [-0.05, 0) is 24.8 Å². The molecule has 0 bridgehead atoms. The van der Waals surface area contributed by atoms with Crippen LogP contribution in [-0.2, 0) is 14.3 Å². The number of carboxylic acids is 1. The number of nitrogens with two attached hydrogens (primary N) is 1. The molecule has 0 saturated carbocycles. The highest BCUT2D eigenvalue weighted by atomic mass is 16.5. The van der Waals surface area contributed by atoms with Gasteiger partial charge >= 0.3 is 5.97 Å². The molecule has 0 aromatic carbocycles. The summed E-state index contributed by atoms with van der Waals surface area (Å²) in [5.74, 6) is -0.850. The summed E-state index contributed by atoms with van der Waals surface area (Å²) in [6, 6.07) is -1.00. The maximum Gasteiger partial charge on any atom is 0.328 e. The first-order chi connectivity index (χ1) is 8.40. The van der Waals surface area contributed by atoms with E-state index in [0.29, 0.717) is 12.5 Å². The topological polar surface area (TPSA) is 102 Å². The predicted molar refractivity (Wildman–Crippen MR) is 68.1 cm³/mol. The van der Waals surface area contributed by atoms with Crippen LogP contribution in [0.2, 0.25) is 0 Å². The Balaban J connectivity index is 4.24. The van der Waals surface area contributed by atoms with E-state index in [4.69, 9.17) is 15.6 Å². The van der Waals surface area contributed by atoms with Gasteiger partial charge in [-0.15, -0.1) is 0 Å². The molecule has 18 heavy (non-hydrogen) atoms. The molecule has 106 valence electrons. The van der Waals surface area contributed by atoms with E-state index in [1.165, 1.54) is 7.11 Å². The monoisotopic (exact) mass is 260 g/mol. The zero-order valence-corrected chi connectivity index (χ0v) is 11.3. The Kier molecular flexibility index (Phi) is 8.32. The van der Waals surface area contributed by atoms with Crippen LogP contribution in [0, 0.1) is 11.8 Å². The highest BCUT2D eigenvalue weighted by Gasteiger charge is 2.21. The third kappa shape index (κ3) is 7.24. The van der Waals surface area contributed by atoms with Gasteiger partial charge in [0.1, 0.15) is 0 Å². The van der Waals surface area contributed by atoms with Crippen molar-refractivity contribution in [3.63, 3.8) is 0 Å². The molecule has 0 aliphatic carbocycles. The maximum absolute atomic E-state index is 11.7. The summed E-state index contributed by atoms with van der Waals surface area (Å²) >= 11 is 0. The van der Waals surface area contributed by atoms with E-state index < -0.39 is 12.0 Å². The molecule has 0 saturated heterocycles. The van der Waals surface area contributed by atoms with E-state index >= 15 is 0 Å². The minimum atomic E-state index is -1.10. The van der Waals surface area contributed by atoms with E-state index in [2.05, 4.69) is 19.2 Å². The van der Waals surface area contributed by atoms with Gasteiger partial charge in [-0.3, -0.25) is 4.79 Å². The van der Waals surface area contributed by atoms with Gasteiger partial charge in [0.25, 0.3) is 0 Å². The van der Waals surface area contributed by atoms with Gasteiger partial charge in [-0.25, -0.2) is 4.79 Å². The summed E-state index contributed by atoms with van der Waals surface area (Å²) < 4.78 is 4.74. The molecule has 0 aliphatic heterocycles. The van der Waals surface area contributed by atoms with Crippen LogP contribution in [0.15, 0.2) is 0 Å². The third-order valence-corrected chi connectivity index (χ3v) is 2.58. The van der Waals surface area contributed by atoms with E-state index in [1.54, 1.807) is 0 Å². The summed E-state index contributed by atoms with van der Waals surface area (Å²) in [4.78, 5) is 22.5. The number of rotatable bonds is 9. The molecular weight excluding hydrogens is 236 g/mol. The molecule has 0 aliphatic rings. The smallest absolute Gasteiger partial charge is 0.328 e. The summed E-state index contributed by atoms with van der Waals surface area (Å²) in [6.45, 7) is 4.50. The van der Waals surface area contributed by atoms with Gasteiger partial charge in [0.2, 0.25) is 5.91 Å². The molecular formula is C12H24N2O4. The average Bonchev–Trinajstić information content (AvgIpc) is 2.26. The number of hydrogen-bond acceptors (Lipinski definition) is 4. The quantitative estimate of drug-likeness (QED) is 0.550. The van der Waals surface area contributed by atoms with Crippen molar-refractivity contribution < 1.29 is 19.4 Å². The largest absolute Gasteiger partial charge is 0.480 e. The van der Waals surface area contributed by atoms with Crippen molar-refractivity contribution >= 4 is 11.9 Å². The molecule has 0 heterocycles. The molecule has 0 radical (unpaired) electrons. The summed E-state index contributed by atoms with van der Waals surface area (Å²) in [7, 11) is 1.39. The molecule has 0 fully saturated rings. The lowest BCUT2D eigenvalue weighted by Gasteiger charge is -2.18. The van der Waals surface area contributed by atoms with Gasteiger partial charge in [0, 0.05) is 13.5 Å². The van der Waals surface area contributed by atoms with Crippen LogP contribution in [-0.4, -0.2) is 43.3 Å². The first kappa shape index (κ1) is 16.9. The van der Waals surface area contributed by atoms with Crippen LogP contribution < -0.4 is 11.1 Å². The van der Waals surface area contributed by atoms with Gasteiger partial charge in [0.15, 0.2) is 6.04 Å². The SMILES string of the molecule is COCC(NC(=O)CC(CN)CC(C)C)C(=O)O. The van der Waals surface area contributed by atoms with Gasteiger partial charge < -0.3 is 20.9 Å². The fourth-order valence-electron chi connectivity index (χ4n) is 1.79. The predicted octanol–water partition coefficient (Wildman–Crippen LogP) is 0.213. The number of amides is 1. The van der Waals surface area contributed by atoms with Crippen LogP contribution in [0.1, 0.15) is 26.7 Å². The lowest BCUT2D eigenvalue weighted by molar-refractivity contribution is -0.143. The first-order valence-corrected chi connectivity index (χ1v) is 6.11. The minimum Gasteiger partial charge on any atom is -0.480 e. The number of nitrogens with one attached hydrogen (secondary N) is 1. The third-order valence-electron chi connectivity index (χ3n) is 2.58. The van der Waals surface area contributed by atoms with Crippen molar-refractivity contribution in [2.45, 2.75) is 32.7 Å². The number of hydrogen-bond donors (Lipinski definition) is 3.